The van der Waals surface area contributed by atoms with Gasteiger partial charge >= 0.3 is 5.97 Å². The summed E-state index contributed by atoms with van der Waals surface area (Å²) in [5.41, 5.74) is 0.00952. The Morgan fingerprint density at radius 2 is 1.82 bits per heavy atom. The van der Waals surface area contributed by atoms with Crippen LogP contribution in [0.15, 0.2) is 11.8 Å². The van der Waals surface area contributed by atoms with Crippen LogP contribution in [0.4, 0.5) is 0 Å². The van der Waals surface area contributed by atoms with E-state index in [0.29, 0.717) is 6.42 Å². The lowest BCUT2D eigenvalue weighted by molar-refractivity contribution is -0.138. The van der Waals surface area contributed by atoms with Crippen molar-refractivity contribution in [2.75, 3.05) is 21.2 Å². The molecule has 0 heterocycles. The molecule has 0 saturated carbocycles. The van der Waals surface area contributed by atoms with E-state index in [2.05, 4.69) is 4.74 Å². The van der Waals surface area contributed by atoms with Crippen molar-refractivity contribution in [1.82, 2.24) is 4.90 Å². The van der Waals surface area contributed by atoms with E-state index in [1.807, 2.05) is 20.8 Å². The molecular weight excluding hydrogens is 218 g/mol. The van der Waals surface area contributed by atoms with Crippen molar-refractivity contribution in [3.63, 3.8) is 0 Å². The van der Waals surface area contributed by atoms with Crippen LogP contribution in [0.25, 0.3) is 0 Å². The maximum absolute atomic E-state index is 12.1. The normalized spacial score (nSPS) is 12.2. The van der Waals surface area contributed by atoms with Crippen molar-refractivity contribution in [1.29, 1.82) is 0 Å². The van der Waals surface area contributed by atoms with Crippen molar-refractivity contribution < 1.29 is 14.3 Å². The molecule has 0 N–H and O–H groups in total. The second-order valence-electron chi connectivity index (χ2n) is 5.12. The molecule has 0 fully saturated rings. The summed E-state index contributed by atoms with van der Waals surface area (Å²) < 4.78 is 4.63. The number of nitrogens with zero attached hydrogens (tertiary/aromatic N) is 1. The van der Waals surface area contributed by atoms with Gasteiger partial charge < -0.3 is 9.64 Å². The first-order valence-corrected chi connectivity index (χ1v) is 5.73. The zero-order valence-electron chi connectivity index (χ0n) is 11.7. The van der Waals surface area contributed by atoms with Crippen molar-refractivity contribution in [2.45, 2.75) is 33.6 Å². The first-order chi connectivity index (χ1) is 7.73. The van der Waals surface area contributed by atoms with Gasteiger partial charge in [0, 0.05) is 26.7 Å². The van der Waals surface area contributed by atoms with Gasteiger partial charge in [0.2, 0.25) is 0 Å². The Hall–Kier alpha value is -1.32. The molecular formula is C13H23NO3. The zero-order chi connectivity index (χ0) is 13.6. The van der Waals surface area contributed by atoms with Crippen LogP contribution in [0.5, 0.6) is 0 Å². The van der Waals surface area contributed by atoms with Gasteiger partial charge in [-0.15, -0.1) is 0 Å². The first kappa shape index (κ1) is 15.7. The van der Waals surface area contributed by atoms with Gasteiger partial charge in [-0.2, -0.15) is 0 Å². The number of hydrogen-bond donors (Lipinski definition) is 0. The van der Waals surface area contributed by atoms with Crippen molar-refractivity contribution in [2.24, 2.45) is 5.41 Å². The lowest BCUT2D eigenvalue weighted by Gasteiger charge is -2.22. The summed E-state index contributed by atoms with van der Waals surface area (Å²) in [6.45, 7) is 6.05. The molecule has 0 aliphatic heterocycles. The molecule has 0 radical (unpaired) electrons. The van der Waals surface area contributed by atoms with Gasteiger partial charge in [0.05, 0.1) is 7.11 Å². The van der Waals surface area contributed by atoms with Crippen LogP contribution in [0.2, 0.25) is 0 Å². The number of Topliss-reactive ketones (excluding diaryl/α,β-unsaturated/α-hetero) is 1. The van der Waals surface area contributed by atoms with Crippen molar-refractivity contribution in [3.05, 3.63) is 11.8 Å². The molecule has 98 valence electrons. The minimum atomic E-state index is -0.574. The van der Waals surface area contributed by atoms with Gasteiger partial charge in [0.1, 0.15) is 5.57 Å². The molecule has 0 atom stereocenters. The Labute approximate surface area is 104 Å². The lowest BCUT2D eigenvalue weighted by atomic mass is 9.83. The summed E-state index contributed by atoms with van der Waals surface area (Å²) in [7, 11) is 4.81. The number of methoxy groups -OCH3 is 1. The molecule has 0 bridgehead atoms. The van der Waals surface area contributed by atoms with Crippen LogP contribution >= 0.6 is 0 Å². The fraction of sp³-hybridized carbons (Fsp3) is 0.692. The topological polar surface area (TPSA) is 46.6 Å². The smallest absolute Gasteiger partial charge is 0.342 e. The average Bonchev–Trinajstić information content (AvgIpc) is 2.23. The molecule has 0 aromatic rings. The number of hydrogen-bond acceptors (Lipinski definition) is 4. The molecule has 4 heteroatoms. The molecule has 0 spiro atoms. The number of ketones is 1. The van der Waals surface area contributed by atoms with Gasteiger partial charge in [-0.25, -0.2) is 4.79 Å². The standard InChI is InChI=1S/C13H23NO3/c1-7-13(2,3)8-11(15)10(9-14(4)5)12(16)17-6/h9H,7-8H2,1-6H3/b10-9-. The van der Waals surface area contributed by atoms with Gasteiger partial charge in [-0.1, -0.05) is 27.2 Å². The fourth-order valence-electron chi connectivity index (χ4n) is 1.26. The molecule has 0 aliphatic rings. The van der Waals surface area contributed by atoms with E-state index < -0.39 is 5.97 Å². The fourth-order valence-corrected chi connectivity index (χ4v) is 1.26. The number of carbonyl (C=O) groups excluding carboxylic acids is 2. The average molecular weight is 241 g/mol. The quantitative estimate of drug-likeness (QED) is 0.309. The monoisotopic (exact) mass is 241 g/mol. The summed E-state index contributed by atoms with van der Waals surface area (Å²) in [5.74, 6) is -0.743. The van der Waals surface area contributed by atoms with E-state index in [0.717, 1.165) is 6.42 Å². The molecule has 0 saturated heterocycles. The summed E-state index contributed by atoms with van der Waals surface area (Å²) in [6, 6.07) is 0. The summed E-state index contributed by atoms with van der Waals surface area (Å²) in [5, 5.41) is 0. The third-order valence-electron chi connectivity index (χ3n) is 2.69. The predicted molar refractivity (Wildman–Crippen MR) is 67.5 cm³/mol. The van der Waals surface area contributed by atoms with Crippen LogP contribution in [0.3, 0.4) is 0 Å². The maximum atomic E-state index is 12.1. The largest absolute Gasteiger partial charge is 0.465 e. The van der Waals surface area contributed by atoms with E-state index in [9.17, 15) is 9.59 Å². The van der Waals surface area contributed by atoms with Gasteiger partial charge in [0.25, 0.3) is 0 Å². The zero-order valence-corrected chi connectivity index (χ0v) is 11.7. The van der Waals surface area contributed by atoms with Crippen molar-refractivity contribution in [3.8, 4) is 0 Å². The SMILES string of the molecule is CCC(C)(C)CC(=O)/C(=C/N(C)C)C(=O)OC. The van der Waals surface area contributed by atoms with E-state index in [1.54, 1.807) is 19.0 Å². The summed E-state index contributed by atoms with van der Waals surface area (Å²) in [6.07, 6.45) is 2.74. The Balaban J connectivity index is 4.97. The third-order valence-corrected chi connectivity index (χ3v) is 2.69. The van der Waals surface area contributed by atoms with Crippen molar-refractivity contribution >= 4 is 11.8 Å². The van der Waals surface area contributed by atoms with Gasteiger partial charge in [0.15, 0.2) is 5.78 Å². The van der Waals surface area contributed by atoms with E-state index in [4.69, 9.17) is 0 Å². The van der Waals surface area contributed by atoms with Crippen LogP contribution < -0.4 is 0 Å². The maximum Gasteiger partial charge on any atom is 0.342 e. The molecule has 0 aromatic carbocycles. The number of ether oxygens (including phenoxy) is 1. The van der Waals surface area contributed by atoms with E-state index >= 15 is 0 Å². The molecule has 0 aromatic heterocycles. The first-order valence-electron chi connectivity index (χ1n) is 5.73. The number of rotatable bonds is 6. The Bertz CT molecular complexity index is 317. The van der Waals surface area contributed by atoms with Gasteiger partial charge in [-0.3, -0.25) is 4.79 Å². The Morgan fingerprint density at radius 3 is 2.18 bits per heavy atom. The van der Waals surface area contributed by atoms with E-state index in [1.165, 1.54) is 13.3 Å². The third kappa shape index (κ3) is 5.52. The lowest BCUT2D eigenvalue weighted by Crippen LogP contribution is -2.23. The Kier molecular flexibility index (Phi) is 5.93. The van der Waals surface area contributed by atoms with E-state index in [-0.39, 0.29) is 16.8 Å². The molecule has 4 nitrogen and oxygen atoms in total. The van der Waals surface area contributed by atoms with Crippen LogP contribution in [0.1, 0.15) is 33.6 Å². The minimum Gasteiger partial charge on any atom is -0.465 e. The number of carbonyl (C=O) groups is 2. The summed E-state index contributed by atoms with van der Waals surface area (Å²) >= 11 is 0. The molecule has 0 amide bonds. The van der Waals surface area contributed by atoms with Crippen LogP contribution in [-0.2, 0) is 14.3 Å². The molecule has 0 unspecified atom stereocenters. The minimum absolute atomic E-state index is 0.101. The highest BCUT2D eigenvalue weighted by atomic mass is 16.5. The van der Waals surface area contributed by atoms with Crippen LogP contribution in [0, 0.1) is 5.41 Å². The molecule has 0 aliphatic carbocycles. The molecule has 0 rings (SSSR count). The number of esters is 1. The molecule has 17 heavy (non-hydrogen) atoms. The predicted octanol–water partition coefficient (Wildman–Crippen LogP) is 2.00. The highest BCUT2D eigenvalue weighted by Crippen LogP contribution is 2.26. The van der Waals surface area contributed by atoms with Gasteiger partial charge in [-0.05, 0) is 5.41 Å². The highest BCUT2D eigenvalue weighted by Gasteiger charge is 2.26. The second-order valence-corrected chi connectivity index (χ2v) is 5.12. The Morgan fingerprint density at radius 1 is 1.29 bits per heavy atom. The van der Waals surface area contributed by atoms with Crippen LogP contribution in [-0.4, -0.2) is 37.9 Å². The summed E-state index contributed by atoms with van der Waals surface area (Å²) in [4.78, 5) is 25.3. The second kappa shape index (κ2) is 6.42. The highest BCUT2D eigenvalue weighted by molar-refractivity contribution is 6.17.